The van der Waals surface area contributed by atoms with Gasteiger partial charge < -0.3 is 14.2 Å². The lowest BCUT2D eigenvalue weighted by Gasteiger charge is -2.15. The van der Waals surface area contributed by atoms with Crippen LogP contribution in [0.4, 0.5) is 0 Å². The molecule has 0 saturated heterocycles. The third-order valence-corrected chi connectivity index (χ3v) is 4.00. The van der Waals surface area contributed by atoms with E-state index in [9.17, 15) is 4.79 Å². The highest BCUT2D eigenvalue weighted by Crippen LogP contribution is 2.32. The summed E-state index contributed by atoms with van der Waals surface area (Å²) in [5.74, 6) is 1.78. The van der Waals surface area contributed by atoms with Crippen molar-refractivity contribution in [3.05, 3.63) is 59.7 Å². The van der Waals surface area contributed by atoms with Gasteiger partial charge in [-0.1, -0.05) is 25.6 Å². The zero-order chi connectivity index (χ0) is 18.4. The second-order valence-corrected chi connectivity index (χ2v) is 5.65. The van der Waals surface area contributed by atoms with Gasteiger partial charge in [-0.2, -0.15) is 0 Å². The Hall–Kier alpha value is -2.75. The number of carbonyl (C=O) groups excluding carboxylic acids is 1. The number of hydrogen-bond donors (Lipinski definition) is 0. The number of allylic oxidation sites excluding steroid dienone is 1. The van der Waals surface area contributed by atoms with E-state index in [1.54, 1.807) is 38.5 Å². The van der Waals surface area contributed by atoms with Crippen molar-refractivity contribution in [2.45, 2.75) is 20.3 Å². The van der Waals surface area contributed by atoms with Crippen molar-refractivity contribution in [1.29, 1.82) is 0 Å². The zero-order valence-electron chi connectivity index (χ0n) is 15.2. The molecule has 0 fully saturated rings. The monoisotopic (exact) mass is 340 g/mol. The number of rotatable bonds is 8. The molecule has 0 heterocycles. The maximum absolute atomic E-state index is 13.0. The van der Waals surface area contributed by atoms with Crippen LogP contribution in [0, 0.1) is 6.92 Å². The minimum Gasteiger partial charge on any atom is -0.497 e. The minimum absolute atomic E-state index is 0.150. The topological polar surface area (TPSA) is 44.8 Å². The number of ether oxygens (including phenoxy) is 3. The molecule has 0 amide bonds. The molecule has 4 nitrogen and oxygen atoms in total. The zero-order valence-corrected chi connectivity index (χ0v) is 15.2. The van der Waals surface area contributed by atoms with E-state index in [1.807, 2.05) is 26.0 Å². The Morgan fingerprint density at radius 3 is 2.44 bits per heavy atom. The van der Waals surface area contributed by atoms with E-state index in [4.69, 9.17) is 14.2 Å². The number of benzene rings is 2. The van der Waals surface area contributed by atoms with E-state index in [-0.39, 0.29) is 5.78 Å². The number of ketones is 1. The van der Waals surface area contributed by atoms with Crippen LogP contribution < -0.4 is 14.2 Å². The second kappa shape index (κ2) is 8.38. The normalized spacial score (nSPS) is 10.2. The molecule has 2 aromatic rings. The van der Waals surface area contributed by atoms with Crippen molar-refractivity contribution in [1.82, 2.24) is 0 Å². The first kappa shape index (κ1) is 18.6. The van der Waals surface area contributed by atoms with Crippen LogP contribution in [-0.2, 0) is 0 Å². The highest BCUT2D eigenvalue weighted by atomic mass is 16.5. The van der Waals surface area contributed by atoms with Crippen LogP contribution in [0.25, 0.3) is 5.57 Å². The number of Topliss-reactive ketones (excluding diaryl/α,β-unsaturated/α-hetero) is 1. The molecule has 0 saturated carbocycles. The largest absolute Gasteiger partial charge is 0.497 e. The molecular formula is C21H24O4. The first-order valence-corrected chi connectivity index (χ1v) is 8.21. The van der Waals surface area contributed by atoms with Crippen molar-refractivity contribution in [2.75, 3.05) is 20.8 Å². The van der Waals surface area contributed by atoms with Gasteiger partial charge in [0, 0.05) is 28.3 Å². The van der Waals surface area contributed by atoms with Gasteiger partial charge in [-0.3, -0.25) is 4.79 Å². The van der Waals surface area contributed by atoms with Crippen LogP contribution in [0.15, 0.2) is 43.0 Å². The first-order valence-electron chi connectivity index (χ1n) is 8.21. The molecule has 2 rings (SSSR count). The fraction of sp³-hybridized carbons (Fsp3) is 0.286. The van der Waals surface area contributed by atoms with E-state index in [2.05, 4.69) is 6.58 Å². The van der Waals surface area contributed by atoms with Gasteiger partial charge in [-0.15, -0.1) is 0 Å². The van der Waals surface area contributed by atoms with Crippen LogP contribution in [0.2, 0.25) is 0 Å². The van der Waals surface area contributed by atoms with Crippen LogP contribution in [0.3, 0.4) is 0 Å². The predicted molar refractivity (Wildman–Crippen MR) is 99.9 cm³/mol. The average Bonchev–Trinajstić information content (AvgIpc) is 2.65. The average molecular weight is 340 g/mol. The molecule has 25 heavy (non-hydrogen) atoms. The molecule has 0 aliphatic carbocycles. The maximum Gasteiger partial charge on any atom is 0.193 e. The summed E-state index contributed by atoms with van der Waals surface area (Å²) in [7, 11) is 3.14. The molecule has 2 aromatic carbocycles. The third kappa shape index (κ3) is 4.02. The minimum atomic E-state index is -0.150. The molecule has 0 spiro atoms. The number of methoxy groups -OCH3 is 2. The summed E-state index contributed by atoms with van der Waals surface area (Å²) < 4.78 is 16.3. The highest BCUT2D eigenvalue weighted by Gasteiger charge is 2.19. The lowest BCUT2D eigenvalue weighted by molar-refractivity contribution is 0.105. The fourth-order valence-electron chi connectivity index (χ4n) is 2.56. The predicted octanol–water partition coefficient (Wildman–Crippen LogP) is 4.70. The lowest BCUT2D eigenvalue weighted by Crippen LogP contribution is -2.07. The third-order valence-electron chi connectivity index (χ3n) is 4.00. The van der Waals surface area contributed by atoms with Crippen molar-refractivity contribution in [3.8, 4) is 17.2 Å². The molecule has 0 N–H and O–H groups in total. The molecular weight excluding hydrogens is 316 g/mol. The summed E-state index contributed by atoms with van der Waals surface area (Å²) >= 11 is 0. The first-order chi connectivity index (χ1) is 12.0. The van der Waals surface area contributed by atoms with Crippen molar-refractivity contribution >= 4 is 11.4 Å². The SMILES string of the molecule is C=C(C(=O)c1cccc(OCCC)c1C)c1ccc(OC)cc1OC. The van der Waals surface area contributed by atoms with E-state index in [1.165, 1.54) is 0 Å². The van der Waals surface area contributed by atoms with Gasteiger partial charge in [0.15, 0.2) is 5.78 Å². The van der Waals surface area contributed by atoms with Gasteiger partial charge in [-0.25, -0.2) is 0 Å². The summed E-state index contributed by atoms with van der Waals surface area (Å²) in [5.41, 5.74) is 2.41. The standard InChI is InChI=1S/C21H24O4/c1-6-12-25-19-9-7-8-18(14(19)2)21(22)15(3)17-11-10-16(23-4)13-20(17)24-5/h7-11,13H,3,6,12H2,1-2,4-5H3. The van der Waals surface area contributed by atoms with E-state index in [0.717, 1.165) is 17.7 Å². The lowest BCUT2D eigenvalue weighted by atomic mass is 9.94. The molecule has 0 atom stereocenters. The Labute approximate surface area is 149 Å². The number of hydrogen-bond acceptors (Lipinski definition) is 4. The van der Waals surface area contributed by atoms with Gasteiger partial charge in [-0.05, 0) is 31.5 Å². The fourth-order valence-corrected chi connectivity index (χ4v) is 2.56. The summed E-state index contributed by atoms with van der Waals surface area (Å²) in [6, 6.07) is 10.8. The summed E-state index contributed by atoms with van der Waals surface area (Å²) in [5, 5.41) is 0. The van der Waals surface area contributed by atoms with E-state index in [0.29, 0.717) is 34.8 Å². The Bertz CT molecular complexity index is 777. The van der Waals surface area contributed by atoms with Gasteiger partial charge in [0.25, 0.3) is 0 Å². The van der Waals surface area contributed by atoms with Gasteiger partial charge >= 0.3 is 0 Å². The van der Waals surface area contributed by atoms with Crippen LogP contribution in [0.1, 0.15) is 34.8 Å². The molecule has 0 aliphatic heterocycles. The van der Waals surface area contributed by atoms with Crippen LogP contribution in [0.5, 0.6) is 17.2 Å². The highest BCUT2D eigenvalue weighted by molar-refractivity contribution is 6.29. The Kier molecular flexibility index (Phi) is 6.23. The van der Waals surface area contributed by atoms with E-state index < -0.39 is 0 Å². The van der Waals surface area contributed by atoms with E-state index >= 15 is 0 Å². The number of carbonyl (C=O) groups is 1. The summed E-state index contributed by atoms with van der Waals surface area (Å²) in [6.45, 7) is 8.53. The molecule has 0 unspecified atom stereocenters. The van der Waals surface area contributed by atoms with Crippen LogP contribution >= 0.6 is 0 Å². The molecule has 4 heteroatoms. The maximum atomic E-state index is 13.0. The molecule has 0 aliphatic rings. The van der Waals surface area contributed by atoms with Crippen molar-refractivity contribution in [2.24, 2.45) is 0 Å². The summed E-state index contributed by atoms with van der Waals surface area (Å²) in [6.07, 6.45) is 0.910. The van der Waals surface area contributed by atoms with Crippen LogP contribution in [-0.4, -0.2) is 26.6 Å². The summed E-state index contributed by atoms with van der Waals surface area (Å²) in [4.78, 5) is 13.0. The van der Waals surface area contributed by atoms with Gasteiger partial charge in [0.05, 0.1) is 20.8 Å². The smallest absolute Gasteiger partial charge is 0.193 e. The molecule has 0 bridgehead atoms. The molecule has 0 aromatic heterocycles. The quantitative estimate of drug-likeness (QED) is 0.516. The Morgan fingerprint density at radius 2 is 1.80 bits per heavy atom. The van der Waals surface area contributed by atoms with Gasteiger partial charge in [0.1, 0.15) is 17.2 Å². The Balaban J connectivity index is 2.36. The van der Waals surface area contributed by atoms with Crippen molar-refractivity contribution < 1.29 is 19.0 Å². The van der Waals surface area contributed by atoms with Crippen molar-refractivity contribution in [3.63, 3.8) is 0 Å². The second-order valence-electron chi connectivity index (χ2n) is 5.65. The Morgan fingerprint density at radius 1 is 1.04 bits per heavy atom. The molecule has 132 valence electrons. The molecule has 0 radical (unpaired) electrons. The van der Waals surface area contributed by atoms with Gasteiger partial charge in [0.2, 0.25) is 0 Å².